The standard InChI is InChI=1S/C21H28BrN3O/c1-13-9-14(2)12-25(11-13)16(4)18-10-17(22)5-6-20(18)23-15(3)19-7-8-21(26)24-19/h5-6,10,13-14,19,23H,3-4,7-9,11-12H2,1-2H3,(H,24,26)/t13-,14+,19?. The molecule has 2 fully saturated rings. The highest BCUT2D eigenvalue weighted by atomic mass is 79.9. The molecule has 140 valence electrons. The number of amides is 1. The summed E-state index contributed by atoms with van der Waals surface area (Å²) in [7, 11) is 0. The van der Waals surface area contributed by atoms with Crippen molar-refractivity contribution in [2.75, 3.05) is 18.4 Å². The summed E-state index contributed by atoms with van der Waals surface area (Å²) in [5.41, 5.74) is 3.92. The first kappa shape index (κ1) is 19.0. The van der Waals surface area contributed by atoms with Gasteiger partial charge in [-0.2, -0.15) is 0 Å². The SMILES string of the molecule is C=C(Nc1ccc(Br)cc1C(=C)N1C[C@H](C)C[C@H](C)C1)C1CCC(=O)N1. The fourth-order valence-electron chi connectivity index (χ4n) is 4.05. The van der Waals surface area contributed by atoms with Crippen LogP contribution in [0.25, 0.3) is 5.70 Å². The van der Waals surface area contributed by atoms with Crippen molar-refractivity contribution in [3.05, 3.63) is 47.1 Å². The molecule has 0 saturated carbocycles. The lowest BCUT2D eigenvalue weighted by Crippen LogP contribution is -2.37. The number of likely N-dealkylation sites (tertiary alicyclic amines) is 1. The van der Waals surface area contributed by atoms with Gasteiger partial charge < -0.3 is 15.5 Å². The van der Waals surface area contributed by atoms with E-state index in [9.17, 15) is 4.79 Å². The van der Waals surface area contributed by atoms with Gasteiger partial charge in [0, 0.05) is 46.6 Å². The molecule has 1 unspecified atom stereocenters. The van der Waals surface area contributed by atoms with E-state index in [2.05, 4.69) is 64.5 Å². The number of hydrogen-bond acceptors (Lipinski definition) is 3. The van der Waals surface area contributed by atoms with Gasteiger partial charge in [-0.1, -0.05) is 42.9 Å². The van der Waals surface area contributed by atoms with E-state index in [1.165, 1.54) is 6.42 Å². The maximum Gasteiger partial charge on any atom is 0.220 e. The highest BCUT2D eigenvalue weighted by molar-refractivity contribution is 9.10. The van der Waals surface area contributed by atoms with Crippen molar-refractivity contribution in [1.29, 1.82) is 0 Å². The Kier molecular flexibility index (Phi) is 5.76. The van der Waals surface area contributed by atoms with E-state index in [1.54, 1.807) is 0 Å². The van der Waals surface area contributed by atoms with Crippen LogP contribution in [0.3, 0.4) is 0 Å². The fraction of sp³-hybridized carbons (Fsp3) is 0.476. The van der Waals surface area contributed by atoms with Gasteiger partial charge in [-0.25, -0.2) is 0 Å². The first-order valence-corrected chi connectivity index (χ1v) is 10.1. The third-order valence-electron chi connectivity index (χ3n) is 5.25. The molecule has 3 rings (SSSR count). The quantitative estimate of drug-likeness (QED) is 0.735. The van der Waals surface area contributed by atoms with Crippen molar-refractivity contribution in [2.45, 2.75) is 39.2 Å². The number of nitrogens with zero attached hydrogens (tertiary/aromatic N) is 1. The van der Waals surface area contributed by atoms with Crippen LogP contribution in [0.4, 0.5) is 5.69 Å². The molecule has 0 aromatic heterocycles. The molecule has 1 amide bonds. The van der Waals surface area contributed by atoms with Crippen LogP contribution in [0.15, 0.2) is 41.5 Å². The maximum atomic E-state index is 11.5. The molecule has 1 aromatic rings. The molecule has 0 radical (unpaired) electrons. The second-order valence-electron chi connectivity index (χ2n) is 7.80. The summed E-state index contributed by atoms with van der Waals surface area (Å²) in [6, 6.07) is 6.15. The van der Waals surface area contributed by atoms with Crippen LogP contribution < -0.4 is 10.6 Å². The summed E-state index contributed by atoms with van der Waals surface area (Å²) >= 11 is 3.59. The zero-order valence-corrected chi connectivity index (χ0v) is 17.2. The monoisotopic (exact) mass is 417 g/mol. The smallest absolute Gasteiger partial charge is 0.220 e. The molecule has 2 aliphatic heterocycles. The van der Waals surface area contributed by atoms with Crippen LogP contribution in [0, 0.1) is 11.8 Å². The van der Waals surface area contributed by atoms with Crippen molar-refractivity contribution >= 4 is 33.2 Å². The Morgan fingerprint density at radius 1 is 1.27 bits per heavy atom. The highest BCUT2D eigenvalue weighted by Crippen LogP contribution is 2.33. The van der Waals surface area contributed by atoms with Gasteiger partial charge in [0.05, 0.1) is 6.04 Å². The molecule has 2 heterocycles. The third-order valence-corrected chi connectivity index (χ3v) is 5.75. The van der Waals surface area contributed by atoms with Crippen molar-refractivity contribution in [2.24, 2.45) is 11.8 Å². The lowest BCUT2D eigenvalue weighted by Gasteiger charge is -2.38. The molecule has 0 aliphatic carbocycles. The number of piperidine rings is 1. The second kappa shape index (κ2) is 7.87. The molecular weight excluding hydrogens is 390 g/mol. The van der Waals surface area contributed by atoms with Crippen molar-refractivity contribution in [3.8, 4) is 0 Å². The van der Waals surface area contributed by atoms with Crippen molar-refractivity contribution in [1.82, 2.24) is 10.2 Å². The summed E-state index contributed by atoms with van der Waals surface area (Å²) in [5.74, 6) is 1.43. The molecule has 3 atom stereocenters. The van der Waals surface area contributed by atoms with Crippen LogP contribution >= 0.6 is 15.9 Å². The van der Waals surface area contributed by atoms with Crippen LogP contribution in [-0.2, 0) is 4.79 Å². The summed E-state index contributed by atoms with van der Waals surface area (Å²) in [6.45, 7) is 15.2. The number of carbonyl (C=O) groups is 1. The molecule has 26 heavy (non-hydrogen) atoms. The maximum absolute atomic E-state index is 11.5. The summed E-state index contributed by atoms with van der Waals surface area (Å²) in [6.07, 6.45) is 2.62. The van der Waals surface area contributed by atoms with Crippen LogP contribution in [0.1, 0.15) is 38.7 Å². The van der Waals surface area contributed by atoms with Crippen LogP contribution in [0.5, 0.6) is 0 Å². The van der Waals surface area contributed by atoms with E-state index in [4.69, 9.17) is 0 Å². The van der Waals surface area contributed by atoms with Crippen molar-refractivity contribution in [3.63, 3.8) is 0 Å². The number of hydrogen-bond donors (Lipinski definition) is 2. The molecule has 2 aliphatic rings. The van der Waals surface area contributed by atoms with Crippen LogP contribution in [0.2, 0.25) is 0 Å². The van der Waals surface area contributed by atoms with Gasteiger partial charge in [0.2, 0.25) is 5.91 Å². The first-order chi connectivity index (χ1) is 12.3. The number of halogens is 1. The molecular formula is C21H28BrN3O. The predicted molar refractivity (Wildman–Crippen MR) is 112 cm³/mol. The van der Waals surface area contributed by atoms with E-state index < -0.39 is 0 Å². The number of carbonyl (C=O) groups excluding carboxylic acids is 1. The minimum absolute atomic E-state index is 0.0118. The summed E-state index contributed by atoms with van der Waals surface area (Å²) in [4.78, 5) is 13.9. The largest absolute Gasteiger partial charge is 0.371 e. The van der Waals surface area contributed by atoms with E-state index >= 15 is 0 Å². The Bertz CT molecular complexity index is 720. The van der Waals surface area contributed by atoms with Gasteiger partial charge in [0.15, 0.2) is 0 Å². The van der Waals surface area contributed by atoms with Gasteiger partial charge in [-0.3, -0.25) is 4.79 Å². The Morgan fingerprint density at radius 2 is 1.96 bits per heavy atom. The zero-order chi connectivity index (χ0) is 18.8. The van der Waals surface area contributed by atoms with E-state index in [-0.39, 0.29) is 11.9 Å². The van der Waals surface area contributed by atoms with Gasteiger partial charge >= 0.3 is 0 Å². The van der Waals surface area contributed by atoms with Gasteiger partial charge in [-0.05, 0) is 42.9 Å². The average Bonchev–Trinajstić information content (AvgIpc) is 3.01. The fourth-order valence-corrected chi connectivity index (χ4v) is 4.41. The summed E-state index contributed by atoms with van der Waals surface area (Å²) in [5, 5.41) is 6.39. The van der Waals surface area contributed by atoms with E-state index in [0.717, 1.165) is 46.6 Å². The third kappa shape index (κ3) is 4.32. The number of rotatable bonds is 5. The number of nitrogens with one attached hydrogen (secondary N) is 2. The molecule has 1 aromatic carbocycles. The molecule has 2 N–H and O–H groups in total. The molecule has 0 bridgehead atoms. The van der Waals surface area contributed by atoms with Crippen molar-refractivity contribution < 1.29 is 4.79 Å². The molecule has 5 heteroatoms. The summed E-state index contributed by atoms with van der Waals surface area (Å²) < 4.78 is 1.03. The zero-order valence-electron chi connectivity index (χ0n) is 15.6. The Labute approximate surface area is 164 Å². The average molecular weight is 418 g/mol. The minimum atomic E-state index is -0.0118. The first-order valence-electron chi connectivity index (χ1n) is 9.32. The van der Waals surface area contributed by atoms with Gasteiger partial charge in [0.25, 0.3) is 0 Å². The Balaban J connectivity index is 1.80. The Morgan fingerprint density at radius 3 is 2.58 bits per heavy atom. The predicted octanol–water partition coefficient (Wildman–Crippen LogP) is 4.60. The second-order valence-corrected chi connectivity index (χ2v) is 8.71. The topological polar surface area (TPSA) is 44.4 Å². The minimum Gasteiger partial charge on any atom is -0.371 e. The lowest BCUT2D eigenvalue weighted by molar-refractivity contribution is -0.119. The van der Waals surface area contributed by atoms with E-state index in [1.807, 2.05) is 12.1 Å². The van der Waals surface area contributed by atoms with Gasteiger partial charge in [0.1, 0.15) is 0 Å². The molecule has 2 saturated heterocycles. The normalized spacial score (nSPS) is 25.7. The van der Waals surface area contributed by atoms with Gasteiger partial charge in [-0.15, -0.1) is 0 Å². The molecule has 4 nitrogen and oxygen atoms in total. The lowest BCUT2D eigenvalue weighted by atomic mass is 9.91. The van der Waals surface area contributed by atoms with Crippen LogP contribution in [-0.4, -0.2) is 29.9 Å². The number of benzene rings is 1. The Hall–Kier alpha value is -1.75. The molecule has 0 spiro atoms. The highest BCUT2D eigenvalue weighted by Gasteiger charge is 2.26. The van der Waals surface area contributed by atoms with E-state index in [0.29, 0.717) is 18.3 Å². The number of anilines is 1.